The van der Waals surface area contributed by atoms with Crippen LogP contribution in [0.15, 0.2) is 30.3 Å². The Morgan fingerprint density at radius 3 is 0.645 bits per heavy atom. The fraction of sp³-hybridized carbons (Fsp3) is 0.806. The summed E-state index contributed by atoms with van der Waals surface area (Å²) < 4.78 is 0. The van der Waals surface area contributed by atoms with Gasteiger partial charge in [-0.2, -0.15) is 0 Å². The maximum Gasteiger partial charge on any atom is -0.0398 e. The van der Waals surface area contributed by atoms with Crippen molar-refractivity contribution < 1.29 is 0 Å². The molecule has 0 aromatic heterocycles. The van der Waals surface area contributed by atoms with Crippen molar-refractivity contribution in [3.63, 3.8) is 0 Å². The smallest absolute Gasteiger partial charge is 0.0398 e. The molecule has 0 aliphatic rings. The molecule has 0 unspecified atom stereocenters. The van der Waals surface area contributed by atoms with E-state index in [2.05, 4.69) is 74.4 Å². The van der Waals surface area contributed by atoms with Gasteiger partial charge in [-0.15, -0.1) is 0 Å². The first kappa shape index (κ1) is 37.5. The van der Waals surface area contributed by atoms with Crippen molar-refractivity contribution in [3.05, 3.63) is 35.9 Å². The van der Waals surface area contributed by atoms with Gasteiger partial charge in [0.2, 0.25) is 0 Å². The van der Waals surface area contributed by atoms with Gasteiger partial charge in [0.15, 0.2) is 0 Å². The Labute approximate surface area is 201 Å². The highest BCUT2D eigenvalue weighted by molar-refractivity contribution is 5.11. The molecule has 0 fully saturated rings. The Morgan fingerprint density at radius 2 is 0.548 bits per heavy atom. The summed E-state index contributed by atoms with van der Waals surface area (Å²) in [5.41, 5.74) is 1.32. The van der Waals surface area contributed by atoms with Crippen molar-refractivity contribution in [1.82, 2.24) is 0 Å². The second-order valence-electron chi connectivity index (χ2n) is 8.48. The van der Waals surface area contributed by atoms with Crippen LogP contribution < -0.4 is 0 Å². The van der Waals surface area contributed by atoms with Crippen molar-refractivity contribution in [2.24, 2.45) is 0 Å². The van der Waals surface area contributed by atoms with Crippen LogP contribution in [0.4, 0.5) is 0 Å². The van der Waals surface area contributed by atoms with Crippen molar-refractivity contribution >= 4 is 0 Å². The minimum atomic E-state index is 1.32. The molecule has 0 spiro atoms. The quantitative estimate of drug-likeness (QED) is 0.286. The summed E-state index contributed by atoms with van der Waals surface area (Å²) in [6.07, 6.45) is 22.1. The van der Waals surface area contributed by atoms with E-state index in [1.165, 1.54) is 108 Å². The van der Waals surface area contributed by atoms with Gasteiger partial charge < -0.3 is 0 Å². The molecule has 0 aliphatic heterocycles. The van der Waals surface area contributed by atoms with Gasteiger partial charge in [-0.05, 0) is 6.92 Å². The molecule has 0 heterocycles. The Balaban J connectivity index is -0.000000147. The van der Waals surface area contributed by atoms with Gasteiger partial charge in [0.1, 0.15) is 0 Å². The van der Waals surface area contributed by atoms with Crippen LogP contribution in [0.25, 0.3) is 0 Å². The molecule has 0 radical (unpaired) electrons. The monoisotopic (exact) mass is 437 g/mol. The lowest BCUT2D eigenvalue weighted by molar-refractivity contribution is 0.702. The summed E-state index contributed by atoms with van der Waals surface area (Å²) in [4.78, 5) is 0. The lowest BCUT2D eigenvalue weighted by Gasteiger charge is -1.86. The lowest BCUT2D eigenvalue weighted by atomic mass is 10.2. The third-order valence-electron chi connectivity index (χ3n) is 4.77. The summed E-state index contributed by atoms with van der Waals surface area (Å²) in [7, 11) is 0. The topological polar surface area (TPSA) is 0 Å². The first-order chi connectivity index (χ1) is 15.1. The van der Waals surface area contributed by atoms with E-state index in [9.17, 15) is 0 Å². The molecule has 0 amide bonds. The summed E-state index contributed by atoms with van der Waals surface area (Å²) in [6, 6.07) is 10.3. The van der Waals surface area contributed by atoms with Crippen LogP contribution in [0.1, 0.15) is 164 Å². The number of aryl methyl sites for hydroxylation is 1. The van der Waals surface area contributed by atoms with Crippen LogP contribution in [0.2, 0.25) is 0 Å². The maximum absolute atomic E-state index is 2.23. The largest absolute Gasteiger partial charge is 0.0654 e. The van der Waals surface area contributed by atoms with Crippen LogP contribution >= 0.6 is 0 Å². The van der Waals surface area contributed by atoms with E-state index in [0.717, 1.165) is 0 Å². The van der Waals surface area contributed by atoms with E-state index >= 15 is 0 Å². The predicted molar refractivity (Wildman–Crippen MR) is 150 cm³/mol. The minimum absolute atomic E-state index is 1.32. The fourth-order valence-electron chi connectivity index (χ4n) is 2.53. The molecule has 1 aromatic rings. The summed E-state index contributed by atoms with van der Waals surface area (Å²) in [6.45, 7) is 19.9. The van der Waals surface area contributed by atoms with Crippen molar-refractivity contribution in [3.8, 4) is 0 Å². The molecule has 0 nitrogen and oxygen atoms in total. The second-order valence-corrected chi connectivity index (χ2v) is 8.48. The molecule has 1 aromatic carbocycles. The van der Waals surface area contributed by atoms with E-state index in [4.69, 9.17) is 0 Å². The molecular formula is C31H64. The van der Waals surface area contributed by atoms with Crippen molar-refractivity contribution in [2.75, 3.05) is 0 Å². The Kier molecular flexibility index (Phi) is 52.3. The van der Waals surface area contributed by atoms with Gasteiger partial charge in [0, 0.05) is 0 Å². The highest BCUT2D eigenvalue weighted by Gasteiger charge is 1.77. The van der Waals surface area contributed by atoms with Gasteiger partial charge in [-0.25, -0.2) is 0 Å². The number of hydrogen-bond donors (Lipinski definition) is 0. The van der Waals surface area contributed by atoms with Gasteiger partial charge in [-0.3, -0.25) is 0 Å². The van der Waals surface area contributed by atoms with Crippen LogP contribution in [0.3, 0.4) is 0 Å². The normalized spacial score (nSPS) is 8.94. The molecule has 31 heavy (non-hydrogen) atoms. The highest BCUT2D eigenvalue weighted by atomic mass is 13.8. The number of unbranched alkanes of at least 4 members (excludes halogenated alkanes) is 12. The number of benzene rings is 1. The van der Waals surface area contributed by atoms with Crippen molar-refractivity contribution in [2.45, 2.75) is 165 Å². The molecule has 0 aliphatic carbocycles. The standard InChI is InChI=1S/C7H8.4C6H14/c1-7-5-3-2-4-6-7;4*1-3-5-6-4-2/h2-6H,1H3;4*3-6H2,1-2H3. The van der Waals surface area contributed by atoms with E-state index in [-0.39, 0.29) is 0 Å². The third kappa shape index (κ3) is 58.6. The molecule has 0 bridgehead atoms. The zero-order valence-corrected chi connectivity index (χ0v) is 23.7. The molecular weight excluding hydrogens is 372 g/mol. The first-order valence-corrected chi connectivity index (χ1v) is 14.1. The lowest BCUT2D eigenvalue weighted by Crippen LogP contribution is -1.66. The number of hydrogen-bond acceptors (Lipinski definition) is 0. The average molecular weight is 437 g/mol. The Morgan fingerprint density at radius 1 is 0.355 bits per heavy atom. The molecule has 0 atom stereocenters. The Hall–Kier alpha value is -0.780. The van der Waals surface area contributed by atoms with Crippen LogP contribution in [-0.4, -0.2) is 0 Å². The van der Waals surface area contributed by atoms with E-state index < -0.39 is 0 Å². The molecule has 0 saturated carbocycles. The second kappa shape index (κ2) is 43.2. The number of rotatable bonds is 12. The van der Waals surface area contributed by atoms with Crippen LogP contribution in [0, 0.1) is 6.92 Å². The van der Waals surface area contributed by atoms with Gasteiger partial charge in [0.25, 0.3) is 0 Å². The molecule has 188 valence electrons. The van der Waals surface area contributed by atoms with E-state index in [0.29, 0.717) is 0 Å². The fourth-order valence-corrected chi connectivity index (χ4v) is 2.53. The summed E-state index contributed by atoms with van der Waals surface area (Å²) in [5.74, 6) is 0. The molecule has 0 N–H and O–H groups in total. The van der Waals surface area contributed by atoms with Crippen molar-refractivity contribution in [1.29, 1.82) is 0 Å². The zero-order valence-electron chi connectivity index (χ0n) is 23.7. The highest BCUT2D eigenvalue weighted by Crippen LogP contribution is 1.97. The van der Waals surface area contributed by atoms with Gasteiger partial charge >= 0.3 is 0 Å². The van der Waals surface area contributed by atoms with E-state index in [1.807, 2.05) is 18.2 Å². The average Bonchev–Trinajstić information content (AvgIpc) is 2.80. The van der Waals surface area contributed by atoms with Gasteiger partial charge in [-0.1, -0.05) is 194 Å². The predicted octanol–water partition coefficient (Wildman–Crippen LogP) is 12.3. The zero-order chi connectivity index (χ0) is 24.4. The third-order valence-corrected chi connectivity index (χ3v) is 4.77. The van der Waals surface area contributed by atoms with Crippen LogP contribution in [-0.2, 0) is 0 Å². The van der Waals surface area contributed by atoms with E-state index in [1.54, 1.807) is 0 Å². The summed E-state index contributed by atoms with van der Waals surface area (Å²) in [5, 5.41) is 0. The summed E-state index contributed by atoms with van der Waals surface area (Å²) >= 11 is 0. The Bertz CT molecular complexity index is 279. The minimum Gasteiger partial charge on any atom is -0.0654 e. The molecule has 0 heteroatoms. The SMILES string of the molecule is CCCCCC.CCCCCC.CCCCCC.CCCCCC.Cc1ccccc1. The van der Waals surface area contributed by atoms with Crippen LogP contribution in [0.5, 0.6) is 0 Å². The molecule has 1 rings (SSSR count). The first-order valence-electron chi connectivity index (χ1n) is 14.1. The van der Waals surface area contributed by atoms with Gasteiger partial charge in [0.05, 0.1) is 0 Å². The maximum atomic E-state index is 2.23. The molecule has 0 saturated heterocycles.